The van der Waals surface area contributed by atoms with Crippen LogP contribution in [0.5, 0.6) is 0 Å². The van der Waals surface area contributed by atoms with E-state index in [2.05, 4.69) is 0 Å². The van der Waals surface area contributed by atoms with E-state index < -0.39 is 0 Å². The quantitative estimate of drug-likeness (QED) is 0.417. The first-order valence-electron chi connectivity index (χ1n) is 2.13. The third-order valence-corrected chi connectivity index (χ3v) is 0.566. The van der Waals surface area contributed by atoms with Gasteiger partial charge in [0.25, 0.3) is 0 Å². The van der Waals surface area contributed by atoms with Gasteiger partial charge in [0.2, 0.25) is 0 Å². The van der Waals surface area contributed by atoms with Crippen molar-refractivity contribution in [3.8, 4) is 0 Å². The van der Waals surface area contributed by atoms with Crippen molar-refractivity contribution in [3.05, 3.63) is 0 Å². The Morgan fingerprint density at radius 2 is 1.14 bits per heavy atom. The predicted molar refractivity (Wildman–Crippen MR) is 23.4 cm³/mol. The zero-order valence-corrected chi connectivity index (χ0v) is 5.78. The maximum atomic E-state index is 8.09. The molecule has 0 rings (SSSR count). The first-order chi connectivity index (χ1) is 2.91. The summed E-state index contributed by atoms with van der Waals surface area (Å²) < 4.78 is 0. The molecular weight excluding hydrogens is 128 g/mol. The topological polar surface area (TPSA) is 40.5 Å². The zero-order chi connectivity index (χ0) is 4.83. The molecule has 0 atom stereocenters. The van der Waals surface area contributed by atoms with E-state index in [1.54, 1.807) is 0 Å². The monoisotopic (exact) mass is 138 g/mol. The van der Waals surface area contributed by atoms with Crippen LogP contribution >= 0.6 is 0 Å². The summed E-state index contributed by atoms with van der Waals surface area (Å²) in [4.78, 5) is 0. The molecule has 2 N–H and O–H groups in total. The summed E-state index contributed by atoms with van der Waals surface area (Å²) in [6.07, 6.45) is 1.44. The van der Waals surface area contributed by atoms with Gasteiger partial charge in [-0.3, -0.25) is 0 Å². The SMILES string of the molecule is OCCCCO.[Ti]. The van der Waals surface area contributed by atoms with Gasteiger partial charge in [-0.25, -0.2) is 0 Å². The molecule has 0 aromatic heterocycles. The Morgan fingerprint density at radius 1 is 0.857 bits per heavy atom. The molecule has 0 saturated carbocycles. The van der Waals surface area contributed by atoms with Crippen LogP contribution in [0.15, 0.2) is 0 Å². The molecule has 7 heavy (non-hydrogen) atoms. The fourth-order valence-corrected chi connectivity index (χ4v) is 0.224. The largest absolute Gasteiger partial charge is 0.396 e. The van der Waals surface area contributed by atoms with Gasteiger partial charge in [0, 0.05) is 34.9 Å². The number of hydrogen-bond donors (Lipinski definition) is 2. The second-order valence-electron chi connectivity index (χ2n) is 1.15. The molecule has 0 saturated heterocycles. The van der Waals surface area contributed by atoms with Crippen LogP contribution in [0.1, 0.15) is 12.8 Å². The predicted octanol–water partition coefficient (Wildman–Crippen LogP) is -0.251. The molecule has 3 heteroatoms. The summed E-state index contributed by atoms with van der Waals surface area (Å²) in [7, 11) is 0. The maximum absolute atomic E-state index is 8.09. The summed E-state index contributed by atoms with van der Waals surface area (Å²) in [5.41, 5.74) is 0. The van der Waals surface area contributed by atoms with Crippen molar-refractivity contribution in [1.29, 1.82) is 0 Å². The molecule has 0 fully saturated rings. The van der Waals surface area contributed by atoms with E-state index in [-0.39, 0.29) is 34.9 Å². The Bertz CT molecular complexity index is 21.7. The van der Waals surface area contributed by atoms with Gasteiger partial charge in [-0.2, -0.15) is 0 Å². The van der Waals surface area contributed by atoms with Gasteiger partial charge in [0.1, 0.15) is 0 Å². The normalized spacial score (nSPS) is 7.71. The van der Waals surface area contributed by atoms with Gasteiger partial charge < -0.3 is 10.2 Å². The van der Waals surface area contributed by atoms with Crippen molar-refractivity contribution in [3.63, 3.8) is 0 Å². The minimum absolute atomic E-state index is 0. The average Bonchev–Trinajstić information content (AvgIpc) is 1.61. The minimum atomic E-state index is 0. The van der Waals surface area contributed by atoms with Crippen molar-refractivity contribution >= 4 is 0 Å². The third kappa shape index (κ3) is 10.8. The Kier molecular flexibility index (Phi) is 14.8. The van der Waals surface area contributed by atoms with Crippen LogP contribution in [0.4, 0.5) is 0 Å². The van der Waals surface area contributed by atoms with Gasteiger partial charge in [0.05, 0.1) is 0 Å². The van der Waals surface area contributed by atoms with E-state index >= 15 is 0 Å². The summed E-state index contributed by atoms with van der Waals surface area (Å²) in [5, 5.41) is 16.2. The van der Waals surface area contributed by atoms with Crippen LogP contribution < -0.4 is 0 Å². The second kappa shape index (κ2) is 9.81. The summed E-state index contributed by atoms with van der Waals surface area (Å²) in [6, 6.07) is 0. The Labute approximate surface area is 58.4 Å². The number of rotatable bonds is 3. The van der Waals surface area contributed by atoms with Crippen molar-refractivity contribution in [2.24, 2.45) is 0 Å². The van der Waals surface area contributed by atoms with Crippen LogP contribution in [0, 0.1) is 0 Å². The maximum Gasteiger partial charge on any atom is 0.0431 e. The van der Waals surface area contributed by atoms with Crippen molar-refractivity contribution in [1.82, 2.24) is 0 Å². The third-order valence-electron chi connectivity index (χ3n) is 0.566. The summed E-state index contributed by atoms with van der Waals surface area (Å²) in [5.74, 6) is 0. The molecule has 0 spiro atoms. The molecule has 0 aliphatic rings. The van der Waals surface area contributed by atoms with Gasteiger partial charge in [-0.05, 0) is 12.8 Å². The van der Waals surface area contributed by atoms with Crippen LogP contribution in [-0.4, -0.2) is 23.4 Å². The molecule has 0 aromatic rings. The van der Waals surface area contributed by atoms with Gasteiger partial charge in [-0.15, -0.1) is 0 Å². The Morgan fingerprint density at radius 3 is 1.29 bits per heavy atom. The van der Waals surface area contributed by atoms with Crippen molar-refractivity contribution in [2.75, 3.05) is 13.2 Å². The van der Waals surface area contributed by atoms with Gasteiger partial charge in [0.15, 0.2) is 0 Å². The van der Waals surface area contributed by atoms with Crippen LogP contribution in [0.3, 0.4) is 0 Å². The molecule has 0 bridgehead atoms. The first-order valence-corrected chi connectivity index (χ1v) is 2.13. The molecule has 0 aliphatic heterocycles. The fourth-order valence-electron chi connectivity index (χ4n) is 0.224. The number of hydrogen-bond acceptors (Lipinski definition) is 2. The van der Waals surface area contributed by atoms with Crippen molar-refractivity contribution in [2.45, 2.75) is 12.8 Å². The fraction of sp³-hybridized carbons (Fsp3) is 1.00. The average molecular weight is 138 g/mol. The van der Waals surface area contributed by atoms with Crippen LogP contribution in [0.25, 0.3) is 0 Å². The molecule has 0 heterocycles. The number of unbranched alkanes of at least 4 members (excludes halogenated alkanes) is 1. The van der Waals surface area contributed by atoms with Crippen LogP contribution in [0.2, 0.25) is 0 Å². The molecule has 0 radical (unpaired) electrons. The van der Waals surface area contributed by atoms with Gasteiger partial charge in [-0.1, -0.05) is 0 Å². The molecule has 0 aromatic carbocycles. The first kappa shape index (κ1) is 10.6. The molecule has 0 amide bonds. The Hall–Kier alpha value is 0.634. The molecular formula is C4H10O2Ti. The van der Waals surface area contributed by atoms with Crippen LogP contribution in [-0.2, 0) is 21.7 Å². The second-order valence-corrected chi connectivity index (χ2v) is 1.15. The number of aliphatic hydroxyl groups excluding tert-OH is 2. The zero-order valence-electron chi connectivity index (χ0n) is 4.22. The Balaban J connectivity index is 0. The van der Waals surface area contributed by atoms with E-state index in [9.17, 15) is 0 Å². The van der Waals surface area contributed by atoms with E-state index in [0.29, 0.717) is 0 Å². The minimum Gasteiger partial charge on any atom is -0.396 e. The standard InChI is InChI=1S/C4H10O2.Ti/c5-3-1-2-4-6;/h5-6H,1-4H2;. The molecule has 2 nitrogen and oxygen atoms in total. The molecule has 42 valence electrons. The molecule has 0 aliphatic carbocycles. The summed E-state index contributed by atoms with van der Waals surface area (Å²) >= 11 is 0. The van der Waals surface area contributed by atoms with E-state index in [1.807, 2.05) is 0 Å². The van der Waals surface area contributed by atoms with Gasteiger partial charge >= 0.3 is 0 Å². The van der Waals surface area contributed by atoms with E-state index in [0.717, 1.165) is 12.8 Å². The summed E-state index contributed by atoms with van der Waals surface area (Å²) in [6.45, 7) is 0.390. The van der Waals surface area contributed by atoms with E-state index in [1.165, 1.54) is 0 Å². The van der Waals surface area contributed by atoms with Crippen molar-refractivity contribution < 1.29 is 31.9 Å². The number of aliphatic hydroxyl groups is 2. The van der Waals surface area contributed by atoms with E-state index in [4.69, 9.17) is 10.2 Å². The smallest absolute Gasteiger partial charge is 0.0431 e. The molecule has 0 unspecified atom stereocenters.